The van der Waals surface area contributed by atoms with E-state index in [1.807, 2.05) is 19.1 Å². The standard InChI is InChI=1S/C16H23NO2/c1-11(2)13-7-9-17(10-8-13)15-12(3)5-4-6-14(15)16(18)19/h4-6,11,13H,7-10H2,1-3H3,(H,18,19). The van der Waals surface area contributed by atoms with E-state index in [1.165, 1.54) is 0 Å². The van der Waals surface area contributed by atoms with Crippen LogP contribution in [-0.4, -0.2) is 24.2 Å². The third-order valence-corrected chi connectivity index (χ3v) is 4.27. The quantitative estimate of drug-likeness (QED) is 0.904. The number of aromatic carboxylic acids is 1. The molecule has 1 aliphatic rings. The van der Waals surface area contributed by atoms with E-state index in [-0.39, 0.29) is 0 Å². The lowest BCUT2D eigenvalue weighted by molar-refractivity contribution is 0.0697. The fourth-order valence-corrected chi connectivity index (χ4v) is 3.04. The van der Waals surface area contributed by atoms with E-state index in [4.69, 9.17) is 0 Å². The number of anilines is 1. The molecule has 1 saturated heterocycles. The number of rotatable bonds is 3. The zero-order chi connectivity index (χ0) is 14.0. The van der Waals surface area contributed by atoms with Gasteiger partial charge in [0, 0.05) is 13.1 Å². The summed E-state index contributed by atoms with van der Waals surface area (Å²) in [4.78, 5) is 13.6. The summed E-state index contributed by atoms with van der Waals surface area (Å²) >= 11 is 0. The maximum atomic E-state index is 11.4. The molecule has 3 nitrogen and oxygen atoms in total. The maximum Gasteiger partial charge on any atom is 0.337 e. The van der Waals surface area contributed by atoms with E-state index in [2.05, 4.69) is 18.7 Å². The number of para-hydroxylation sites is 1. The van der Waals surface area contributed by atoms with Crippen LogP contribution in [0.15, 0.2) is 18.2 Å². The van der Waals surface area contributed by atoms with E-state index in [9.17, 15) is 9.90 Å². The average molecular weight is 261 g/mol. The van der Waals surface area contributed by atoms with Crippen LogP contribution in [0.1, 0.15) is 42.6 Å². The van der Waals surface area contributed by atoms with Gasteiger partial charge in [0.25, 0.3) is 0 Å². The van der Waals surface area contributed by atoms with Crippen molar-refractivity contribution in [2.75, 3.05) is 18.0 Å². The van der Waals surface area contributed by atoms with Crippen molar-refractivity contribution in [1.82, 2.24) is 0 Å². The molecule has 1 aromatic carbocycles. The first-order chi connectivity index (χ1) is 9.00. The highest BCUT2D eigenvalue weighted by molar-refractivity contribution is 5.95. The van der Waals surface area contributed by atoms with Crippen LogP contribution in [-0.2, 0) is 0 Å². The summed E-state index contributed by atoms with van der Waals surface area (Å²) in [6.45, 7) is 8.48. The van der Waals surface area contributed by atoms with Crippen molar-refractivity contribution in [3.05, 3.63) is 29.3 Å². The Bertz CT molecular complexity index is 460. The lowest BCUT2D eigenvalue weighted by Gasteiger charge is -2.36. The molecule has 1 aromatic rings. The zero-order valence-electron chi connectivity index (χ0n) is 12.0. The number of aryl methyl sites for hydroxylation is 1. The highest BCUT2D eigenvalue weighted by Crippen LogP contribution is 2.31. The number of carboxylic acid groups (broad SMARTS) is 1. The van der Waals surface area contributed by atoms with Gasteiger partial charge in [-0.2, -0.15) is 0 Å². The highest BCUT2D eigenvalue weighted by Gasteiger charge is 2.25. The van der Waals surface area contributed by atoms with Gasteiger partial charge in [-0.1, -0.05) is 26.0 Å². The second kappa shape index (κ2) is 5.64. The van der Waals surface area contributed by atoms with Gasteiger partial charge in [-0.15, -0.1) is 0 Å². The summed E-state index contributed by atoms with van der Waals surface area (Å²) in [7, 11) is 0. The van der Waals surface area contributed by atoms with Gasteiger partial charge < -0.3 is 10.0 Å². The van der Waals surface area contributed by atoms with Gasteiger partial charge in [-0.25, -0.2) is 4.79 Å². The minimum Gasteiger partial charge on any atom is -0.478 e. The molecule has 0 aliphatic carbocycles. The van der Waals surface area contributed by atoms with Crippen molar-refractivity contribution in [3.8, 4) is 0 Å². The summed E-state index contributed by atoms with van der Waals surface area (Å²) < 4.78 is 0. The summed E-state index contributed by atoms with van der Waals surface area (Å²) in [5.74, 6) is 0.663. The Balaban J connectivity index is 2.22. The van der Waals surface area contributed by atoms with Crippen LogP contribution in [0.4, 0.5) is 5.69 Å². The predicted octanol–water partition coefficient (Wildman–Crippen LogP) is 3.57. The molecule has 1 heterocycles. The second-order valence-electron chi connectivity index (χ2n) is 5.84. The zero-order valence-corrected chi connectivity index (χ0v) is 12.0. The normalized spacial score (nSPS) is 16.9. The van der Waals surface area contributed by atoms with Crippen LogP contribution < -0.4 is 4.90 Å². The number of hydrogen-bond acceptors (Lipinski definition) is 2. The molecule has 1 N–H and O–H groups in total. The van der Waals surface area contributed by atoms with Gasteiger partial charge in [0.1, 0.15) is 0 Å². The molecular formula is C16H23NO2. The first-order valence-electron chi connectivity index (χ1n) is 7.08. The Morgan fingerprint density at radius 3 is 2.47 bits per heavy atom. The van der Waals surface area contributed by atoms with Crippen LogP contribution in [0.3, 0.4) is 0 Å². The van der Waals surface area contributed by atoms with Crippen molar-refractivity contribution in [2.24, 2.45) is 11.8 Å². The monoisotopic (exact) mass is 261 g/mol. The maximum absolute atomic E-state index is 11.4. The lowest BCUT2D eigenvalue weighted by Crippen LogP contribution is -2.36. The smallest absolute Gasteiger partial charge is 0.337 e. The Kier molecular flexibility index (Phi) is 4.13. The van der Waals surface area contributed by atoms with Crippen molar-refractivity contribution in [3.63, 3.8) is 0 Å². The predicted molar refractivity (Wildman–Crippen MR) is 77.9 cm³/mol. The van der Waals surface area contributed by atoms with Crippen molar-refractivity contribution < 1.29 is 9.90 Å². The number of carboxylic acids is 1. The number of hydrogen-bond donors (Lipinski definition) is 1. The van der Waals surface area contributed by atoms with Crippen LogP contribution in [0, 0.1) is 18.8 Å². The summed E-state index contributed by atoms with van der Waals surface area (Å²) in [5, 5.41) is 9.33. The van der Waals surface area contributed by atoms with Crippen LogP contribution in [0.2, 0.25) is 0 Å². The van der Waals surface area contributed by atoms with E-state index in [1.54, 1.807) is 6.07 Å². The van der Waals surface area contributed by atoms with E-state index in [0.29, 0.717) is 5.56 Å². The third-order valence-electron chi connectivity index (χ3n) is 4.27. The molecule has 0 radical (unpaired) electrons. The molecule has 19 heavy (non-hydrogen) atoms. The first kappa shape index (κ1) is 13.9. The molecule has 1 aliphatic heterocycles. The van der Waals surface area contributed by atoms with Gasteiger partial charge in [0.15, 0.2) is 0 Å². The van der Waals surface area contributed by atoms with Crippen molar-refractivity contribution in [1.29, 1.82) is 0 Å². The Morgan fingerprint density at radius 1 is 1.32 bits per heavy atom. The number of piperidine rings is 1. The average Bonchev–Trinajstić information content (AvgIpc) is 2.38. The molecule has 0 spiro atoms. The molecule has 1 fully saturated rings. The van der Waals surface area contributed by atoms with Gasteiger partial charge >= 0.3 is 5.97 Å². The van der Waals surface area contributed by atoms with E-state index >= 15 is 0 Å². The van der Waals surface area contributed by atoms with Gasteiger partial charge in [-0.05, 0) is 43.2 Å². The largest absolute Gasteiger partial charge is 0.478 e. The van der Waals surface area contributed by atoms with Gasteiger partial charge in [-0.3, -0.25) is 0 Å². The summed E-state index contributed by atoms with van der Waals surface area (Å²) in [5.41, 5.74) is 2.41. The van der Waals surface area contributed by atoms with Crippen molar-refractivity contribution in [2.45, 2.75) is 33.6 Å². The minimum atomic E-state index is -0.829. The number of nitrogens with zero attached hydrogens (tertiary/aromatic N) is 1. The molecule has 2 rings (SSSR count). The minimum absolute atomic E-state index is 0.433. The lowest BCUT2D eigenvalue weighted by atomic mass is 9.86. The molecule has 0 aromatic heterocycles. The topological polar surface area (TPSA) is 40.5 Å². The Morgan fingerprint density at radius 2 is 1.95 bits per heavy atom. The highest BCUT2D eigenvalue weighted by atomic mass is 16.4. The Labute approximate surface area is 115 Å². The molecular weight excluding hydrogens is 238 g/mol. The summed E-state index contributed by atoms with van der Waals surface area (Å²) in [6.07, 6.45) is 2.32. The molecule has 3 heteroatoms. The molecule has 0 amide bonds. The Hall–Kier alpha value is -1.51. The SMILES string of the molecule is Cc1cccc(C(=O)O)c1N1CCC(C(C)C)CC1. The van der Waals surface area contributed by atoms with Crippen molar-refractivity contribution >= 4 is 11.7 Å². The number of benzene rings is 1. The molecule has 0 bridgehead atoms. The molecule has 0 saturated carbocycles. The fraction of sp³-hybridized carbons (Fsp3) is 0.562. The third kappa shape index (κ3) is 2.91. The van der Waals surface area contributed by atoms with Gasteiger partial charge in [0.05, 0.1) is 11.3 Å². The van der Waals surface area contributed by atoms with Gasteiger partial charge in [0.2, 0.25) is 0 Å². The first-order valence-corrected chi connectivity index (χ1v) is 7.08. The molecule has 0 unspecified atom stereocenters. The summed E-state index contributed by atoms with van der Waals surface area (Å²) in [6, 6.07) is 5.53. The molecule has 0 atom stereocenters. The van der Waals surface area contributed by atoms with Crippen LogP contribution in [0.25, 0.3) is 0 Å². The van der Waals surface area contributed by atoms with Crippen LogP contribution >= 0.6 is 0 Å². The second-order valence-corrected chi connectivity index (χ2v) is 5.84. The molecule has 104 valence electrons. The van der Waals surface area contributed by atoms with E-state index in [0.717, 1.165) is 49.0 Å². The van der Waals surface area contributed by atoms with Crippen LogP contribution in [0.5, 0.6) is 0 Å². The fourth-order valence-electron chi connectivity index (χ4n) is 3.04. The number of carbonyl (C=O) groups is 1. The van der Waals surface area contributed by atoms with E-state index < -0.39 is 5.97 Å².